The number of benzene rings is 1. The molecule has 0 saturated carbocycles. The van der Waals surface area contributed by atoms with Crippen LogP contribution < -0.4 is 10.0 Å². The zero-order valence-corrected chi connectivity index (χ0v) is 17.0. The van der Waals surface area contributed by atoms with Gasteiger partial charge >= 0.3 is 5.97 Å². The third kappa shape index (κ3) is 3.88. The number of aromatic nitrogens is 1. The second-order valence-electron chi connectivity index (χ2n) is 7.19. The van der Waals surface area contributed by atoms with Crippen molar-refractivity contribution in [3.8, 4) is 0 Å². The number of esters is 1. The highest BCUT2D eigenvalue weighted by Crippen LogP contribution is 2.38. The first-order valence-corrected chi connectivity index (χ1v) is 11.0. The van der Waals surface area contributed by atoms with Gasteiger partial charge in [-0.2, -0.15) is 0 Å². The Hall–Kier alpha value is -1.90. The summed E-state index contributed by atoms with van der Waals surface area (Å²) in [7, 11) is -0.0379. The van der Waals surface area contributed by atoms with E-state index < -0.39 is 16.1 Å². The first-order valence-electron chi connectivity index (χ1n) is 9.12. The molecule has 7 nitrogen and oxygen atoms in total. The van der Waals surface area contributed by atoms with Crippen molar-refractivity contribution < 1.29 is 17.9 Å². The maximum atomic E-state index is 12.8. The van der Waals surface area contributed by atoms with E-state index in [0.717, 1.165) is 54.3 Å². The van der Waals surface area contributed by atoms with E-state index in [1.165, 1.54) is 7.11 Å². The van der Waals surface area contributed by atoms with E-state index in [-0.39, 0.29) is 11.9 Å². The predicted molar refractivity (Wildman–Crippen MR) is 105 cm³/mol. The number of nitrogens with zero attached hydrogens (tertiary/aromatic N) is 1. The summed E-state index contributed by atoms with van der Waals surface area (Å²) in [5, 5.41) is 4.12. The van der Waals surface area contributed by atoms with Crippen LogP contribution in [0.4, 0.5) is 0 Å². The Kier molecular flexibility index (Phi) is 5.60. The highest BCUT2D eigenvalue weighted by atomic mass is 32.2. The molecule has 1 aliphatic rings. The fraction of sp³-hybridized carbons (Fsp3) is 0.526. The minimum absolute atomic E-state index is 0.253. The van der Waals surface area contributed by atoms with Crippen LogP contribution in [0.25, 0.3) is 10.9 Å². The summed E-state index contributed by atoms with van der Waals surface area (Å²) in [6.45, 7) is 3.60. The molecular weight excluding hydrogens is 366 g/mol. The number of hydrogen-bond donors (Lipinski definition) is 2. The summed E-state index contributed by atoms with van der Waals surface area (Å²) in [5.74, 6) is -0.128. The average Bonchev–Trinajstić information content (AvgIpc) is 2.93. The molecule has 2 aromatic rings. The number of carbonyl (C=O) groups excluding carboxylic acids is 1. The zero-order valence-electron chi connectivity index (χ0n) is 16.2. The van der Waals surface area contributed by atoms with E-state index in [0.29, 0.717) is 5.56 Å². The Bertz CT molecular complexity index is 959. The molecule has 27 heavy (non-hydrogen) atoms. The Balaban J connectivity index is 2.26. The summed E-state index contributed by atoms with van der Waals surface area (Å²) in [4.78, 5) is 12.8. The molecular formula is C19H27N3O4S. The Labute approximate surface area is 160 Å². The van der Waals surface area contributed by atoms with E-state index in [2.05, 4.69) is 14.6 Å². The van der Waals surface area contributed by atoms with Crippen LogP contribution in [0.2, 0.25) is 0 Å². The molecule has 1 aromatic heterocycles. The number of aryl methyl sites for hydroxylation is 1. The van der Waals surface area contributed by atoms with E-state index in [1.807, 2.05) is 25.2 Å². The van der Waals surface area contributed by atoms with Gasteiger partial charge in [0.2, 0.25) is 10.0 Å². The lowest BCUT2D eigenvalue weighted by Gasteiger charge is -2.24. The molecule has 148 valence electrons. The SMILES string of the molecule is COC(=O)c1c(C2CCNCC2)n(C)c2cccc(C(C)NS(C)(=O)=O)c12. The number of rotatable bonds is 5. The van der Waals surface area contributed by atoms with Crippen molar-refractivity contribution in [1.29, 1.82) is 0 Å². The quantitative estimate of drug-likeness (QED) is 0.759. The van der Waals surface area contributed by atoms with Crippen LogP contribution in [0, 0.1) is 0 Å². The van der Waals surface area contributed by atoms with Crippen molar-refractivity contribution in [3.05, 3.63) is 35.0 Å². The Morgan fingerprint density at radius 2 is 2.00 bits per heavy atom. The lowest BCUT2D eigenvalue weighted by Crippen LogP contribution is -2.28. The minimum atomic E-state index is -3.38. The van der Waals surface area contributed by atoms with E-state index >= 15 is 0 Å². The smallest absolute Gasteiger partial charge is 0.340 e. The highest BCUT2D eigenvalue weighted by Gasteiger charge is 2.30. The minimum Gasteiger partial charge on any atom is -0.465 e. The van der Waals surface area contributed by atoms with Crippen LogP contribution in [0.5, 0.6) is 0 Å². The molecule has 0 radical (unpaired) electrons. The van der Waals surface area contributed by atoms with Gasteiger partial charge in [-0.15, -0.1) is 0 Å². The molecule has 1 aromatic carbocycles. The first kappa shape index (κ1) is 19.9. The van der Waals surface area contributed by atoms with Crippen molar-refractivity contribution in [2.24, 2.45) is 7.05 Å². The Morgan fingerprint density at radius 3 is 2.59 bits per heavy atom. The van der Waals surface area contributed by atoms with Crippen molar-refractivity contribution in [3.63, 3.8) is 0 Å². The number of ether oxygens (including phenoxy) is 1. The molecule has 2 heterocycles. The Morgan fingerprint density at radius 1 is 1.33 bits per heavy atom. The zero-order chi connectivity index (χ0) is 19.8. The number of fused-ring (bicyclic) bond motifs is 1. The van der Waals surface area contributed by atoms with Crippen molar-refractivity contribution in [1.82, 2.24) is 14.6 Å². The molecule has 1 atom stereocenters. The van der Waals surface area contributed by atoms with Crippen LogP contribution in [-0.4, -0.2) is 45.4 Å². The van der Waals surface area contributed by atoms with Gasteiger partial charge in [-0.1, -0.05) is 12.1 Å². The summed E-state index contributed by atoms with van der Waals surface area (Å²) in [5.41, 5.74) is 3.20. The fourth-order valence-corrected chi connectivity index (χ4v) is 4.93. The number of hydrogen-bond acceptors (Lipinski definition) is 5. The van der Waals surface area contributed by atoms with Gasteiger partial charge in [0.25, 0.3) is 0 Å². The second kappa shape index (κ2) is 7.61. The van der Waals surface area contributed by atoms with Crippen LogP contribution in [0.1, 0.15) is 53.3 Å². The number of nitrogens with one attached hydrogen (secondary N) is 2. The predicted octanol–water partition coefficient (Wildman–Crippen LogP) is 2.04. The summed E-state index contributed by atoms with van der Waals surface area (Å²) in [6.07, 6.45) is 3.03. The summed E-state index contributed by atoms with van der Waals surface area (Å²) >= 11 is 0. The van der Waals surface area contributed by atoms with Crippen molar-refractivity contribution in [2.75, 3.05) is 26.5 Å². The molecule has 1 unspecified atom stereocenters. The number of carbonyl (C=O) groups is 1. The lowest BCUT2D eigenvalue weighted by molar-refractivity contribution is 0.0600. The molecule has 1 saturated heterocycles. The van der Waals surface area contributed by atoms with Crippen LogP contribution in [-0.2, 0) is 21.8 Å². The van der Waals surface area contributed by atoms with Crippen LogP contribution in [0.3, 0.4) is 0 Å². The normalized spacial score (nSPS) is 17.2. The summed E-state index contributed by atoms with van der Waals surface area (Å²) < 4.78 is 33.3. The molecule has 0 amide bonds. The molecule has 3 rings (SSSR count). The van der Waals surface area contributed by atoms with Gasteiger partial charge in [-0.05, 0) is 44.5 Å². The van der Waals surface area contributed by atoms with E-state index in [4.69, 9.17) is 4.74 Å². The van der Waals surface area contributed by atoms with Crippen LogP contribution >= 0.6 is 0 Å². The van der Waals surface area contributed by atoms with Gasteiger partial charge in [-0.25, -0.2) is 17.9 Å². The van der Waals surface area contributed by atoms with Gasteiger partial charge in [0, 0.05) is 35.6 Å². The largest absolute Gasteiger partial charge is 0.465 e. The maximum absolute atomic E-state index is 12.8. The molecule has 2 N–H and O–H groups in total. The second-order valence-corrected chi connectivity index (χ2v) is 8.97. The lowest BCUT2D eigenvalue weighted by atomic mass is 9.90. The monoisotopic (exact) mass is 393 g/mol. The molecule has 0 aliphatic carbocycles. The fourth-order valence-electron chi connectivity index (χ4n) is 4.16. The third-order valence-electron chi connectivity index (χ3n) is 5.28. The highest BCUT2D eigenvalue weighted by molar-refractivity contribution is 7.88. The molecule has 1 aliphatic heterocycles. The topological polar surface area (TPSA) is 89.4 Å². The molecule has 1 fully saturated rings. The standard InChI is InChI=1S/C19H27N3O4S/c1-12(21-27(4,24)25)14-6-5-7-15-16(14)17(19(23)26-3)18(22(15)2)13-8-10-20-11-9-13/h5-7,12-13,20-21H,8-11H2,1-4H3. The number of sulfonamides is 1. The van der Waals surface area contributed by atoms with Crippen LogP contribution in [0.15, 0.2) is 18.2 Å². The third-order valence-corrected chi connectivity index (χ3v) is 6.06. The van der Waals surface area contributed by atoms with E-state index in [9.17, 15) is 13.2 Å². The van der Waals surface area contributed by atoms with Crippen molar-refractivity contribution in [2.45, 2.75) is 31.7 Å². The van der Waals surface area contributed by atoms with Crippen molar-refractivity contribution >= 4 is 26.9 Å². The molecule has 0 bridgehead atoms. The van der Waals surface area contributed by atoms with Gasteiger partial charge in [0.05, 0.1) is 18.9 Å². The maximum Gasteiger partial charge on any atom is 0.340 e. The average molecular weight is 394 g/mol. The number of piperidine rings is 1. The summed E-state index contributed by atoms with van der Waals surface area (Å²) in [6, 6.07) is 5.26. The molecule has 0 spiro atoms. The molecule has 8 heteroatoms. The van der Waals surface area contributed by atoms with Gasteiger partial charge in [0.15, 0.2) is 0 Å². The first-order chi connectivity index (χ1) is 12.7. The van der Waals surface area contributed by atoms with Gasteiger partial charge in [0.1, 0.15) is 0 Å². The van der Waals surface area contributed by atoms with E-state index in [1.54, 1.807) is 6.92 Å². The van der Waals surface area contributed by atoms with Gasteiger partial charge in [-0.3, -0.25) is 0 Å². The van der Waals surface area contributed by atoms with Gasteiger partial charge < -0.3 is 14.6 Å². The number of methoxy groups -OCH3 is 1.